The van der Waals surface area contributed by atoms with Crippen molar-refractivity contribution in [2.45, 2.75) is 6.54 Å². The summed E-state index contributed by atoms with van der Waals surface area (Å²) in [5.41, 5.74) is 1.26. The molecule has 0 saturated carbocycles. The number of hydrogen-bond donors (Lipinski definition) is 1. The van der Waals surface area contributed by atoms with Crippen molar-refractivity contribution >= 4 is 23.2 Å². The van der Waals surface area contributed by atoms with E-state index >= 15 is 0 Å². The van der Waals surface area contributed by atoms with Gasteiger partial charge in [0.05, 0.1) is 10.7 Å². The molecule has 4 rings (SSSR count). The monoisotopic (exact) mass is 357 g/mol. The van der Waals surface area contributed by atoms with Crippen LogP contribution in [0, 0.1) is 0 Å². The van der Waals surface area contributed by atoms with Gasteiger partial charge in [-0.25, -0.2) is 0 Å². The number of hydrogen-bond acceptors (Lipinski definition) is 6. The largest absolute Gasteiger partial charge is 0.454 e. The van der Waals surface area contributed by atoms with Crippen molar-refractivity contribution in [2.24, 2.45) is 0 Å². The van der Waals surface area contributed by atoms with Gasteiger partial charge in [-0.2, -0.15) is 4.80 Å². The van der Waals surface area contributed by atoms with Gasteiger partial charge in [0, 0.05) is 5.56 Å². The van der Waals surface area contributed by atoms with Gasteiger partial charge in [-0.15, -0.1) is 10.2 Å². The lowest BCUT2D eigenvalue weighted by Gasteiger charge is -2.05. The fourth-order valence-corrected chi connectivity index (χ4v) is 2.53. The standard InChI is InChI=1S/C16H12ClN5O3/c17-11-3-1-2-4-12(11)18-15(23)8-22-20-16(19-21-22)10-5-6-13-14(7-10)25-9-24-13/h1-7H,8-9H2,(H,18,23). The van der Waals surface area contributed by atoms with Gasteiger partial charge >= 0.3 is 0 Å². The van der Waals surface area contributed by atoms with E-state index in [2.05, 4.69) is 20.7 Å². The van der Waals surface area contributed by atoms with Crippen LogP contribution < -0.4 is 14.8 Å². The van der Waals surface area contributed by atoms with Crippen molar-refractivity contribution < 1.29 is 14.3 Å². The van der Waals surface area contributed by atoms with Crippen LogP contribution in [0.1, 0.15) is 0 Å². The molecule has 1 amide bonds. The van der Waals surface area contributed by atoms with Crippen molar-refractivity contribution in [3.8, 4) is 22.9 Å². The van der Waals surface area contributed by atoms with Gasteiger partial charge in [0.1, 0.15) is 6.54 Å². The van der Waals surface area contributed by atoms with E-state index in [0.29, 0.717) is 28.0 Å². The second-order valence-corrected chi connectivity index (χ2v) is 5.65. The Labute approximate surface area is 147 Å². The van der Waals surface area contributed by atoms with Gasteiger partial charge in [0.2, 0.25) is 18.5 Å². The quantitative estimate of drug-likeness (QED) is 0.770. The van der Waals surface area contributed by atoms with Gasteiger partial charge in [-0.1, -0.05) is 23.7 Å². The molecule has 0 fully saturated rings. The number of aromatic nitrogens is 4. The van der Waals surface area contributed by atoms with E-state index in [4.69, 9.17) is 21.1 Å². The molecule has 1 aliphatic heterocycles. The molecule has 0 bridgehead atoms. The van der Waals surface area contributed by atoms with Gasteiger partial charge in [-0.3, -0.25) is 4.79 Å². The lowest BCUT2D eigenvalue weighted by atomic mass is 10.2. The number of tetrazole rings is 1. The minimum Gasteiger partial charge on any atom is -0.454 e. The summed E-state index contributed by atoms with van der Waals surface area (Å²) in [5, 5.41) is 15.3. The molecule has 0 atom stereocenters. The lowest BCUT2D eigenvalue weighted by Crippen LogP contribution is -2.20. The van der Waals surface area contributed by atoms with E-state index < -0.39 is 0 Å². The zero-order chi connectivity index (χ0) is 17.2. The Morgan fingerprint density at radius 2 is 2.04 bits per heavy atom. The zero-order valence-corrected chi connectivity index (χ0v) is 13.6. The summed E-state index contributed by atoms with van der Waals surface area (Å²) in [6, 6.07) is 12.3. The lowest BCUT2D eigenvalue weighted by molar-refractivity contribution is -0.117. The summed E-state index contributed by atoms with van der Waals surface area (Å²) in [6.07, 6.45) is 0. The maximum absolute atomic E-state index is 12.1. The number of nitrogens with zero attached hydrogens (tertiary/aromatic N) is 4. The van der Waals surface area contributed by atoms with Crippen molar-refractivity contribution in [2.75, 3.05) is 12.1 Å². The summed E-state index contributed by atoms with van der Waals surface area (Å²) in [6.45, 7) is 0.115. The van der Waals surface area contributed by atoms with Crippen LogP contribution in [0.25, 0.3) is 11.4 Å². The molecule has 9 heteroatoms. The molecule has 1 aromatic heterocycles. The predicted molar refractivity (Wildman–Crippen MR) is 89.5 cm³/mol. The Balaban J connectivity index is 1.46. The van der Waals surface area contributed by atoms with Crippen molar-refractivity contribution in [3.63, 3.8) is 0 Å². The molecule has 2 heterocycles. The fraction of sp³-hybridized carbons (Fsp3) is 0.125. The average Bonchev–Trinajstić information content (AvgIpc) is 3.25. The second kappa shape index (κ2) is 6.40. The van der Waals surface area contributed by atoms with E-state index in [-0.39, 0.29) is 19.2 Å². The van der Waals surface area contributed by atoms with Crippen molar-refractivity contribution in [1.29, 1.82) is 0 Å². The first-order valence-electron chi connectivity index (χ1n) is 7.41. The van der Waals surface area contributed by atoms with Crippen LogP contribution in [0.3, 0.4) is 0 Å². The molecule has 0 saturated heterocycles. The highest BCUT2D eigenvalue weighted by atomic mass is 35.5. The third kappa shape index (κ3) is 3.24. The van der Waals surface area contributed by atoms with Crippen LogP contribution in [0.4, 0.5) is 5.69 Å². The van der Waals surface area contributed by atoms with Gasteiger partial charge in [-0.05, 0) is 35.5 Å². The second-order valence-electron chi connectivity index (χ2n) is 5.24. The molecule has 0 spiro atoms. The normalized spacial score (nSPS) is 12.2. The first kappa shape index (κ1) is 15.4. The number of halogens is 1. The summed E-state index contributed by atoms with van der Waals surface area (Å²) >= 11 is 6.01. The van der Waals surface area contributed by atoms with Crippen molar-refractivity contribution in [1.82, 2.24) is 20.2 Å². The molecular weight excluding hydrogens is 346 g/mol. The fourth-order valence-electron chi connectivity index (χ4n) is 2.34. The number of amides is 1. The number of nitrogens with one attached hydrogen (secondary N) is 1. The van der Waals surface area contributed by atoms with E-state index in [1.807, 2.05) is 0 Å². The van der Waals surface area contributed by atoms with Crippen LogP contribution in [0.2, 0.25) is 5.02 Å². The Kier molecular flexibility index (Phi) is 3.95. The topological polar surface area (TPSA) is 91.2 Å². The SMILES string of the molecule is O=C(Cn1nnc(-c2ccc3c(c2)OCO3)n1)Nc1ccccc1Cl. The highest BCUT2D eigenvalue weighted by molar-refractivity contribution is 6.33. The summed E-state index contributed by atoms with van der Waals surface area (Å²) < 4.78 is 10.6. The molecular formula is C16H12ClN5O3. The first-order chi connectivity index (χ1) is 12.2. The number of carbonyl (C=O) groups is 1. The van der Waals surface area contributed by atoms with E-state index in [1.165, 1.54) is 4.80 Å². The third-order valence-electron chi connectivity index (χ3n) is 3.52. The molecule has 0 unspecified atom stereocenters. The Bertz CT molecular complexity index is 943. The molecule has 25 heavy (non-hydrogen) atoms. The average molecular weight is 358 g/mol. The number of rotatable bonds is 4. The molecule has 8 nitrogen and oxygen atoms in total. The smallest absolute Gasteiger partial charge is 0.248 e. The van der Waals surface area contributed by atoms with Gasteiger partial charge < -0.3 is 14.8 Å². The minimum atomic E-state index is -0.303. The van der Waals surface area contributed by atoms with E-state index in [0.717, 1.165) is 5.56 Å². The van der Waals surface area contributed by atoms with Crippen LogP contribution in [-0.4, -0.2) is 32.9 Å². The number of anilines is 1. The highest BCUT2D eigenvalue weighted by Gasteiger charge is 2.16. The maximum Gasteiger partial charge on any atom is 0.248 e. The van der Waals surface area contributed by atoms with Crippen LogP contribution in [0.5, 0.6) is 11.5 Å². The summed E-state index contributed by atoms with van der Waals surface area (Å²) in [5.74, 6) is 1.40. The summed E-state index contributed by atoms with van der Waals surface area (Å²) in [7, 11) is 0. The maximum atomic E-state index is 12.1. The number of benzene rings is 2. The van der Waals surface area contributed by atoms with Crippen LogP contribution in [-0.2, 0) is 11.3 Å². The predicted octanol–water partition coefficient (Wildman–Crippen LogP) is 2.36. The first-order valence-corrected chi connectivity index (χ1v) is 7.79. The van der Waals surface area contributed by atoms with Gasteiger partial charge in [0.25, 0.3) is 0 Å². The molecule has 2 aromatic carbocycles. The van der Waals surface area contributed by atoms with Crippen LogP contribution in [0.15, 0.2) is 42.5 Å². The van der Waals surface area contributed by atoms with Gasteiger partial charge in [0.15, 0.2) is 11.5 Å². The summed E-state index contributed by atoms with van der Waals surface area (Å²) in [4.78, 5) is 13.3. The molecule has 3 aromatic rings. The molecule has 0 aliphatic carbocycles. The third-order valence-corrected chi connectivity index (χ3v) is 3.85. The Hall–Kier alpha value is -3.13. The van der Waals surface area contributed by atoms with Crippen molar-refractivity contribution in [3.05, 3.63) is 47.5 Å². The highest BCUT2D eigenvalue weighted by Crippen LogP contribution is 2.34. The number of carbonyl (C=O) groups excluding carboxylic acids is 1. The molecule has 0 radical (unpaired) electrons. The number of para-hydroxylation sites is 1. The molecule has 126 valence electrons. The zero-order valence-electron chi connectivity index (χ0n) is 12.8. The number of fused-ring (bicyclic) bond motifs is 1. The van der Waals surface area contributed by atoms with E-state index in [1.54, 1.807) is 42.5 Å². The Morgan fingerprint density at radius 1 is 1.20 bits per heavy atom. The Morgan fingerprint density at radius 3 is 2.92 bits per heavy atom. The number of ether oxygens (including phenoxy) is 2. The van der Waals surface area contributed by atoms with Crippen LogP contribution >= 0.6 is 11.6 Å². The molecule has 1 N–H and O–H groups in total. The van der Waals surface area contributed by atoms with E-state index in [9.17, 15) is 4.79 Å². The molecule has 1 aliphatic rings. The minimum absolute atomic E-state index is 0.0806.